The van der Waals surface area contributed by atoms with Gasteiger partial charge in [0.25, 0.3) is 5.91 Å². The van der Waals surface area contributed by atoms with Crippen LogP contribution in [0.25, 0.3) is 0 Å². The van der Waals surface area contributed by atoms with Gasteiger partial charge in [0.15, 0.2) is 5.13 Å². The second-order valence-corrected chi connectivity index (χ2v) is 7.79. The van der Waals surface area contributed by atoms with Crippen LogP contribution in [-0.4, -0.2) is 58.1 Å². The first kappa shape index (κ1) is 21.1. The van der Waals surface area contributed by atoms with E-state index in [9.17, 15) is 4.79 Å². The van der Waals surface area contributed by atoms with E-state index in [1.54, 1.807) is 11.6 Å². The van der Waals surface area contributed by atoms with Gasteiger partial charge in [0, 0.05) is 18.1 Å². The molecular weight excluding hydrogens is 390 g/mol. The van der Waals surface area contributed by atoms with Gasteiger partial charge in [-0.15, -0.1) is 11.3 Å². The number of aromatic nitrogens is 3. The van der Waals surface area contributed by atoms with Gasteiger partial charge in [-0.25, -0.2) is 15.0 Å². The Morgan fingerprint density at radius 2 is 2.34 bits per heavy atom. The fourth-order valence-corrected chi connectivity index (χ4v) is 3.82. The molecule has 1 saturated heterocycles. The summed E-state index contributed by atoms with van der Waals surface area (Å²) in [6, 6.07) is 4.22. The summed E-state index contributed by atoms with van der Waals surface area (Å²) < 4.78 is 5.41. The third-order valence-corrected chi connectivity index (χ3v) is 5.21. The minimum Gasteiger partial charge on any atom is -0.377 e. The number of nitriles is 1. The van der Waals surface area contributed by atoms with Gasteiger partial charge >= 0.3 is 0 Å². The molecular formula is C19H25N7O2S. The third kappa shape index (κ3) is 5.93. The number of ether oxygens (including phenoxy) is 1. The number of rotatable bonds is 9. The minimum absolute atomic E-state index is 0.129. The summed E-state index contributed by atoms with van der Waals surface area (Å²) in [5.74, 6) is 0.187. The van der Waals surface area contributed by atoms with E-state index < -0.39 is 0 Å². The first-order chi connectivity index (χ1) is 14.1. The van der Waals surface area contributed by atoms with E-state index in [0.717, 1.165) is 25.1 Å². The van der Waals surface area contributed by atoms with Crippen molar-refractivity contribution in [3.8, 4) is 6.07 Å². The Morgan fingerprint density at radius 3 is 3.14 bits per heavy atom. The maximum Gasteiger partial charge on any atom is 0.270 e. The highest BCUT2D eigenvalue weighted by Crippen LogP contribution is 2.30. The Labute approximate surface area is 174 Å². The Morgan fingerprint density at radius 1 is 1.48 bits per heavy atom. The van der Waals surface area contributed by atoms with Gasteiger partial charge in [0.2, 0.25) is 5.95 Å². The van der Waals surface area contributed by atoms with Crippen molar-refractivity contribution in [2.45, 2.75) is 38.8 Å². The molecule has 0 aliphatic carbocycles. The third-order valence-electron chi connectivity index (χ3n) is 4.45. The molecule has 1 atom stereocenters. The zero-order valence-electron chi connectivity index (χ0n) is 16.6. The molecule has 2 aromatic heterocycles. The largest absolute Gasteiger partial charge is 0.377 e. The van der Waals surface area contributed by atoms with E-state index in [4.69, 9.17) is 10.00 Å². The first-order valence-electron chi connectivity index (χ1n) is 9.63. The number of carbonyl (C=O) groups excluding carboxylic acids is 1. The highest BCUT2D eigenvalue weighted by Gasteiger charge is 2.27. The van der Waals surface area contributed by atoms with Crippen LogP contribution < -0.4 is 10.6 Å². The zero-order chi connectivity index (χ0) is 20.6. The second-order valence-electron chi connectivity index (χ2n) is 6.93. The highest BCUT2D eigenvalue weighted by atomic mass is 32.1. The van der Waals surface area contributed by atoms with Crippen LogP contribution in [0.1, 0.15) is 48.9 Å². The van der Waals surface area contributed by atoms with Crippen LogP contribution in [0, 0.1) is 11.3 Å². The molecule has 9 nitrogen and oxygen atoms in total. The van der Waals surface area contributed by atoms with Crippen molar-refractivity contribution in [1.82, 2.24) is 25.2 Å². The normalized spacial score (nSPS) is 16.7. The Hall–Kier alpha value is -2.61. The predicted molar refractivity (Wildman–Crippen MR) is 110 cm³/mol. The molecule has 1 amide bonds. The average Bonchev–Trinajstić information content (AvgIpc) is 3.35. The average molecular weight is 416 g/mol. The predicted octanol–water partition coefficient (Wildman–Crippen LogP) is 2.49. The van der Waals surface area contributed by atoms with E-state index in [-0.39, 0.29) is 18.1 Å². The molecule has 0 spiro atoms. The van der Waals surface area contributed by atoms with E-state index in [0.29, 0.717) is 36.5 Å². The number of carbonyl (C=O) groups is 1. The number of hydrogen-bond acceptors (Lipinski definition) is 9. The molecule has 2 aromatic rings. The van der Waals surface area contributed by atoms with Crippen LogP contribution in [0.2, 0.25) is 0 Å². The topological polar surface area (TPSA) is 116 Å². The Kier molecular flexibility index (Phi) is 7.46. The summed E-state index contributed by atoms with van der Waals surface area (Å²) in [6.45, 7) is 6.09. The van der Waals surface area contributed by atoms with Gasteiger partial charge in [-0.05, 0) is 39.3 Å². The SMILES string of the molecule is CC(C)OCCNC(=O)c1csc(Nc2nccc([C@@H]3CCCN3CC#N)n2)n1. The van der Waals surface area contributed by atoms with Crippen molar-refractivity contribution in [1.29, 1.82) is 5.26 Å². The number of nitrogens with one attached hydrogen (secondary N) is 2. The van der Waals surface area contributed by atoms with Gasteiger partial charge in [-0.2, -0.15) is 5.26 Å². The molecule has 10 heteroatoms. The van der Waals surface area contributed by atoms with Crippen molar-refractivity contribution in [2.75, 3.05) is 31.6 Å². The van der Waals surface area contributed by atoms with Gasteiger partial charge < -0.3 is 15.4 Å². The lowest BCUT2D eigenvalue weighted by molar-refractivity contribution is 0.0745. The number of thiazole rings is 1. The lowest BCUT2D eigenvalue weighted by Crippen LogP contribution is -2.28. The van der Waals surface area contributed by atoms with E-state index in [2.05, 4.69) is 36.6 Å². The van der Waals surface area contributed by atoms with E-state index in [1.165, 1.54) is 11.3 Å². The molecule has 29 heavy (non-hydrogen) atoms. The molecule has 154 valence electrons. The van der Waals surface area contributed by atoms with Crippen molar-refractivity contribution >= 4 is 28.3 Å². The smallest absolute Gasteiger partial charge is 0.270 e. The standard InChI is InChI=1S/C19H25N7O2S/c1-13(2)28-11-8-21-17(27)15-12-29-19(24-15)25-18-22-7-5-14(23-18)16-4-3-9-26(16)10-6-20/h5,7,12-13,16H,3-4,8-11H2,1-2H3,(H,21,27)(H,22,23,24,25)/t16-/m0/s1. The van der Waals surface area contributed by atoms with Crippen molar-refractivity contribution in [3.05, 3.63) is 29.0 Å². The van der Waals surface area contributed by atoms with E-state index >= 15 is 0 Å². The molecule has 2 N–H and O–H groups in total. The van der Waals surface area contributed by atoms with Crippen molar-refractivity contribution < 1.29 is 9.53 Å². The summed E-state index contributed by atoms with van der Waals surface area (Å²) in [7, 11) is 0. The maximum absolute atomic E-state index is 12.2. The monoisotopic (exact) mass is 415 g/mol. The quantitative estimate of drug-likeness (QED) is 0.474. The number of nitrogens with zero attached hydrogens (tertiary/aromatic N) is 5. The maximum atomic E-state index is 12.2. The summed E-state index contributed by atoms with van der Waals surface area (Å²) in [6.07, 6.45) is 3.85. The molecule has 1 fully saturated rings. The van der Waals surface area contributed by atoms with Crippen molar-refractivity contribution in [2.24, 2.45) is 0 Å². The Bertz CT molecular complexity index is 864. The number of amides is 1. The van der Waals surface area contributed by atoms with Gasteiger partial charge in [0.05, 0.1) is 37.1 Å². The number of likely N-dealkylation sites (tertiary alicyclic amines) is 1. The molecule has 0 radical (unpaired) electrons. The van der Waals surface area contributed by atoms with Crippen LogP contribution >= 0.6 is 11.3 Å². The molecule has 0 bridgehead atoms. The summed E-state index contributed by atoms with van der Waals surface area (Å²) in [5.41, 5.74) is 1.23. The Balaban J connectivity index is 1.58. The summed E-state index contributed by atoms with van der Waals surface area (Å²) in [5, 5.41) is 17.1. The van der Waals surface area contributed by atoms with Crippen LogP contribution in [0.3, 0.4) is 0 Å². The van der Waals surface area contributed by atoms with Crippen LogP contribution in [0.5, 0.6) is 0 Å². The van der Waals surface area contributed by atoms with Crippen LogP contribution in [-0.2, 0) is 4.74 Å². The fourth-order valence-electron chi connectivity index (χ4n) is 3.14. The number of anilines is 2. The molecule has 0 unspecified atom stereocenters. The lowest BCUT2D eigenvalue weighted by atomic mass is 10.1. The van der Waals surface area contributed by atoms with E-state index in [1.807, 2.05) is 19.9 Å². The first-order valence-corrected chi connectivity index (χ1v) is 10.5. The molecule has 0 aromatic carbocycles. The lowest BCUT2D eigenvalue weighted by Gasteiger charge is -2.21. The fraction of sp³-hybridized carbons (Fsp3) is 0.526. The molecule has 1 aliphatic heterocycles. The van der Waals surface area contributed by atoms with Gasteiger partial charge in [-0.1, -0.05) is 0 Å². The summed E-state index contributed by atoms with van der Waals surface area (Å²) >= 11 is 1.32. The van der Waals surface area contributed by atoms with Crippen molar-refractivity contribution in [3.63, 3.8) is 0 Å². The van der Waals surface area contributed by atoms with Gasteiger partial charge in [-0.3, -0.25) is 9.69 Å². The highest BCUT2D eigenvalue weighted by molar-refractivity contribution is 7.14. The second kappa shape index (κ2) is 10.2. The molecule has 1 aliphatic rings. The van der Waals surface area contributed by atoms with Gasteiger partial charge in [0.1, 0.15) is 5.69 Å². The molecule has 3 rings (SSSR count). The summed E-state index contributed by atoms with van der Waals surface area (Å²) in [4.78, 5) is 27.4. The molecule has 0 saturated carbocycles. The minimum atomic E-state index is -0.241. The zero-order valence-corrected chi connectivity index (χ0v) is 17.4. The number of hydrogen-bond donors (Lipinski definition) is 2. The molecule has 3 heterocycles. The van der Waals surface area contributed by atoms with Crippen LogP contribution in [0.4, 0.5) is 11.1 Å². The van der Waals surface area contributed by atoms with Crippen LogP contribution in [0.15, 0.2) is 17.6 Å².